The fourth-order valence-electron chi connectivity index (χ4n) is 2.14. The minimum atomic E-state index is -3.34. The minimum absolute atomic E-state index is 0.0263. The highest BCUT2D eigenvalue weighted by Gasteiger charge is 2.28. The zero-order valence-corrected chi connectivity index (χ0v) is 13.1. The van der Waals surface area contributed by atoms with Crippen molar-refractivity contribution in [3.05, 3.63) is 24.3 Å². The molecule has 1 heterocycles. The lowest BCUT2D eigenvalue weighted by Gasteiger charge is -2.30. The number of nitrogens with zero attached hydrogens (tertiary/aromatic N) is 1. The molecule has 21 heavy (non-hydrogen) atoms. The van der Waals surface area contributed by atoms with Gasteiger partial charge in [-0.2, -0.15) is 4.31 Å². The maximum atomic E-state index is 12.2. The number of fused-ring (bicyclic) bond motifs is 1. The molecule has 1 aromatic rings. The third kappa shape index (κ3) is 4.09. The van der Waals surface area contributed by atoms with Crippen LogP contribution in [0.2, 0.25) is 0 Å². The standard InChI is InChI=1S/C14H21NO5S/c1-3-15(21(16,17)9-8-18-2)10-12-11-19-13-6-4-5-7-14(13)20-12/h4-7,12H,3,8-11H2,1-2H3. The number of rotatable bonds is 7. The summed E-state index contributed by atoms with van der Waals surface area (Å²) in [5.41, 5.74) is 0. The molecule has 118 valence electrons. The lowest BCUT2D eigenvalue weighted by atomic mass is 10.2. The summed E-state index contributed by atoms with van der Waals surface area (Å²) in [5, 5.41) is 0. The van der Waals surface area contributed by atoms with E-state index in [4.69, 9.17) is 14.2 Å². The fraction of sp³-hybridized carbons (Fsp3) is 0.571. The van der Waals surface area contributed by atoms with Crippen molar-refractivity contribution < 1.29 is 22.6 Å². The van der Waals surface area contributed by atoms with E-state index >= 15 is 0 Å². The molecule has 6 nitrogen and oxygen atoms in total. The summed E-state index contributed by atoms with van der Waals surface area (Å²) in [6.07, 6.45) is -0.308. The molecule has 0 aromatic heterocycles. The van der Waals surface area contributed by atoms with E-state index in [2.05, 4.69) is 0 Å². The van der Waals surface area contributed by atoms with Gasteiger partial charge in [0.2, 0.25) is 10.0 Å². The average molecular weight is 315 g/mol. The molecule has 2 rings (SSSR count). The van der Waals surface area contributed by atoms with Crippen LogP contribution in [0, 0.1) is 0 Å². The van der Waals surface area contributed by atoms with E-state index in [1.807, 2.05) is 31.2 Å². The third-order valence-corrected chi connectivity index (χ3v) is 5.14. The van der Waals surface area contributed by atoms with Crippen LogP contribution >= 0.6 is 0 Å². The second-order valence-corrected chi connectivity index (χ2v) is 6.85. The van der Waals surface area contributed by atoms with Gasteiger partial charge in [-0.05, 0) is 12.1 Å². The van der Waals surface area contributed by atoms with E-state index < -0.39 is 10.0 Å². The summed E-state index contributed by atoms with van der Waals surface area (Å²) in [5.74, 6) is 1.32. The Morgan fingerprint density at radius 2 is 2.05 bits per heavy atom. The van der Waals surface area contributed by atoms with Crippen LogP contribution in [0.1, 0.15) is 6.92 Å². The first-order chi connectivity index (χ1) is 10.1. The molecule has 1 aliphatic heterocycles. The van der Waals surface area contributed by atoms with Gasteiger partial charge in [-0.3, -0.25) is 0 Å². The highest BCUT2D eigenvalue weighted by molar-refractivity contribution is 7.89. The zero-order chi connectivity index (χ0) is 15.3. The SMILES string of the molecule is CCN(CC1COc2ccccc2O1)S(=O)(=O)CCOC. The van der Waals surface area contributed by atoms with E-state index in [9.17, 15) is 8.42 Å². The third-order valence-electron chi connectivity index (χ3n) is 3.27. The second kappa shape index (κ2) is 7.11. The van der Waals surface area contributed by atoms with Gasteiger partial charge < -0.3 is 14.2 Å². The highest BCUT2D eigenvalue weighted by atomic mass is 32.2. The summed E-state index contributed by atoms with van der Waals surface area (Å²) in [6, 6.07) is 7.38. The summed E-state index contributed by atoms with van der Waals surface area (Å²) in [6.45, 7) is 3.00. The van der Waals surface area contributed by atoms with Gasteiger partial charge in [-0.1, -0.05) is 19.1 Å². The van der Waals surface area contributed by atoms with Crippen LogP contribution in [0.3, 0.4) is 0 Å². The molecule has 7 heteroatoms. The van der Waals surface area contributed by atoms with Crippen LogP contribution in [0.5, 0.6) is 11.5 Å². The monoisotopic (exact) mass is 315 g/mol. The predicted molar refractivity (Wildman–Crippen MR) is 79.3 cm³/mol. The first-order valence-electron chi connectivity index (χ1n) is 6.92. The second-order valence-electron chi connectivity index (χ2n) is 4.76. The van der Waals surface area contributed by atoms with Crippen LogP contribution in [-0.2, 0) is 14.8 Å². The quantitative estimate of drug-likeness (QED) is 0.754. The Morgan fingerprint density at radius 1 is 1.33 bits per heavy atom. The molecule has 0 bridgehead atoms. The summed E-state index contributed by atoms with van der Waals surface area (Å²) in [4.78, 5) is 0. The van der Waals surface area contributed by atoms with Gasteiger partial charge in [-0.25, -0.2) is 8.42 Å². The van der Waals surface area contributed by atoms with Crippen molar-refractivity contribution in [1.82, 2.24) is 4.31 Å². The highest BCUT2D eigenvalue weighted by Crippen LogP contribution is 2.31. The van der Waals surface area contributed by atoms with E-state index in [-0.39, 0.29) is 25.0 Å². The first kappa shape index (κ1) is 16.1. The van der Waals surface area contributed by atoms with Gasteiger partial charge in [0.15, 0.2) is 11.5 Å². The van der Waals surface area contributed by atoms with Crippen molar-refractivity contribution in [3.8, 4) is 11.5 Å². The summed E-state index contributed by atoms with van der Waals surface area (Å²) < 4.78 is 42.0. The van der Waals surface area contributed by atoms with Crippen LogP contribution in [0.15, 0.2) is 24.3 Å². The van der Waals surface area contributed by atoms with Gasteiger partial charge in [0.05, 0.1) is 18.9 Å². The Balaban J connectivity index is 2.00. The van der Waals surface area contributed by atoms with Crippen molar-refractivity contribution in [3.63, 3.8) is 0 Å². The number of sulfonamides is 1. The summed E-state index contributed by atoms with van der Waals surface area (Å²) >= 11 is 0. The maximum absolute atomic E-state index is 12.2. The van der Waals surface area contributed by atoms with E-state index in [1.54, 1.807) is 0 Å². The molecule has 0 amide bonds. The number of para-hydroxylation sites is 2. The molecule has 0 N–H and O–H groups in total. The van der Waals surface area contributed by atoms with Gasteiger partial charge >= 0.3 is 0 Å². The van der Waals surface area contributed by atoms with Crippen molar-refractivity contribution >= 4 is 10.0 Å². The Morgan fingerprint density at radius 3 is 2.71 bits per heavy atom. The number of likely N-dealkylation sites (N-methyl/N-ethyl adjacent to an activating group) is 1. The number of hydrogen-bond acceptors (Lipinski definition) is 5. The average Bonchev–Trinajstić information content (AvgIpc) is 2.50. The van der Waals surface area contributed by atoms with Crippen molar-refractivity contribution in [2.24, 2.45) is 0 Å². The molecule has 1 unspecified atom stereocenters. The van der Waals surface area contributed by atoms with Crippen LogP contribution in [0.25, 0.3) is 0 Å². The Kier molecular flexibility index (Phi) is 5.44. The Hall–Kier alpha value is -1.31. The van der Waals surface area contributed by atoms with Crippen molar-refractivity contribution in [1.29, 1.82) is 0 Å². The number of ether oxygens (including phenoxy) is 3. The molecular formula is C14H21NO5S. The van der Waals surface area contributed by atoms with E-state index in [0.717, 1.165) is 0 Å². The molecule has 1 atom stereocenters. The van der Waals surface area contributed by atoms with Crippen molar-refractivity contribution in [2.45, 2.75) is 13.0 Å². The predicted octanol–water partition coefficient (Wildman–Crippen LogP) is 1.12. The smallest absolute Gasteiger partial charge is 0.216 e. The largest absolute Gasteiger partial charge is 0.486 e. The van der Waals surface area contributed by atoms with Crippen LogP contribution in [-0.4, -0.2) is 58.0 Å². The molecule has 0 saturated heterocycles. The van der Waals surface area contributed by atoms with Crippen molar-refractivity contribution in [2.75, 3.05) is 39.2 Å². The topological polar surface area (TPSA) is 65.1 Å². The van der Waals surface area contributed by atoms with E-state index in [1.165, 1.54) is 11.4 Å². The molecule has 0 aliphatic carbocycles. The van der Waals surface area contributed by atoms with Crippen LogP contribution < -0.4 is 9.47 Å². The van der Waals surface area contributed by atoms with Gasteiger partial charge in [0.1, 0.15) is 12.7 Å². The molecule has 1 aromatic carbocycles. The first-order valence-corrected chi connectivity index (χ1v) is 8.53. The lowest BCUT2D eigenvalue weighted by Crippen LogP contribution is -2.44. The number of hydrogen-bond donors (Lipinski definition) is 0. The fourth-order valence-corrected chi connectivity index (χ4v) is 3.56. The van der Waals surface area contributed by atoms with Gasteiger partial charge in [-0.15, -0.1) is 0 Å². The maximum Gasteiger partial charge on any atom is 0.216 e. The molecule has 0 saturated carbocycles. The molecule has 0 spiro atoms. The molecule has 0 fully saturated rings. The molecular weight excluding hydrogens is 294 g/mol. The van der Waals surface area contributed by atoms with Crippen LogP contribution in [0.4, 0.5) is 0 Å². The van der Waals surface area contributed by atoms with Gasteiger partial charge in [0, 0.05) is 13.7 Å². The molecule has 1 aliphatic rings. The minimum Gasteiger partial charge on any atom is -0.486 e. The van der Waals surface area contributed by atoms with E-state index in [0.29, 0.717) is 24.7 Å². The Labute approximate surface area is 125 Å². The number of benzene rings is 1. The molecule has 0 radical (unpaired) electrons. The van der Waals surface area contributed by atoms with Gasteiger partial charge in [0.25, 0.3) is 0 Å². The summed E-state index contributed by atoms with van der Waals surface area (Å²) in [7, 11) is -1.85. The zero-order valence-electron chi connectivity index (χ0n) is 12.3. The lowest BCUT2D eigenvalue weighted by molar-refractivity contribution is 0.0770. The Bertz CT molecular complexity index is 560. The normalized spacial score (nSPS) is 18.0. The number of methoxy groups -OCH3 is 1.